The number of anilines is 1. The lowest BCUT2D eigenvalue weighted by Crippen LogP contribution is -2.50. The minimum Gasteiger partial charge on any atom is -0.306 e. The molecule has 1 aliphatic heterocycles. The van der Waals surface area contributed by atoms with Crippen molar-refractivity contribution in [2.24, 2.45) is 7.05 Å². The molecule has 2 N–H and O–H groups in total. The third kappa shape index (κ3) is 3.30. The van der Waals surface area contributed by atoms with E-state index >= 15 is 0 Å². The smallest absolute Gasteiger partial charge is 0.277 e. The average molecular weight is 291 g/mol. The normalized spacial score (nSPS) is 19.6. The van der Waals surface area contributed by atoms with Gasteiger partial charge < -0.3 is 4.90 Å². The Morgan fingerprint density at radius 2 is 2.16 bits per heavy atom. The third-order valence-electron chi connectivity index (χ3n) is 3.24. The van der Waals surface area contributed by atoms with E-state index in [-0.39, 0.29) is 11.7 Å². The number of rotatable bonds is 4. The number of hydrogen-bond donors (Lipinski definition) is 2. The number of hydrazine groups is 1. The van der Waals surface area contributed by atoms with Crippen molar-refractivity contribution in [3.63, 3.8) is 0 Å². The van der Waals surface area contributed by atoms with Crippen molar-refractivity contribution in [3.8, 4) is 0 Å². The monoisotopic (exact) mass is 291 g/mol. The van der Waals surface area contributed by atoms with Crippen LogP contribution in [0.25, 0.3) is 0 Å². The van der Waals surface area contributed by atoms with Crippen LogP contribution in [0.2, 0.25) is 0 Å². The van der Waals surface area contributed by atoms with Crippen LogP contribution in [0.5, 0.6) is 0 Å². The van der Waals surface area contributed by atoms with Gasteiger partial charge in [0, 0.05) is 13.1 Å². The molecule has 0 aromatic carbocycles. The summed E-state index contributed by atoms with van der Waals surface area (Å²) in [7, 11) is 3.46. The molecular formula is C10H18FN5O2S. The fourth-order valence-electron chi connectivity index (χ4n) is 2.05. The molecule has 19 heavy (non-hydrogen) atoms. The summed E-state index contributed by atoms with van der Waals surface area (Å²) in [5, 5.41) is 3.73. The Morgan fingerprint density at radius 3 is 2.63 bits per heavy atom. The molecule has 1 unspecified atom stereocenters. The number of hydrogen-bond acceptors (Lipinski definition) is 4. The van der Waals surface area contributed by atoms with Crippen LogP contribution >= 0.6 is 0 Å². The Hall–Kier alpha value is -1.03. The van der Waals surface area contributed by atoms with Crippen LogP contribution in [-0.4, -0.2) is 49.6 Å². The summed E-state index contributed by atoms with van der Waals surface area (Å²) in [6.07, 6.45) is 2.91. The molecule has 2 rings (SSSR count). The summed E-state index contributed by atoms with van der Waals surface area (Å²) < 4.78 is 36.4. The molecule has 1 saturated heterocycles. The molecule has 1 aromatic rings. The topological polar surface area (TPSA) is 73.6 Å². The number of nitrogens with zero attached hydrogens (tertiary/aromatic N) is 4. The van der Waals surface area contributed by atoms with E-state index in [1.54, 1.807) is 0 Å². The van der Waals surface area contributed by atoms with Gasteiger partial charge in [0.15, 0.2) is 0 Å². The fourth-order valence-corrected chi connectivity index (χ4v) is 2.58. The van der Waals surface area contributed by atoms with Crippen molar-refractivity contribution >= 4 is 17.0 Å². The van der Waals surface area contributed by atoms with E-state index in [1.165, 1.54) is 13.2 Å². The van der Waals surface area contributed by atoms with Gasteiger partial charge in [-0.2, -0.15) is 13.9 Å². The molecule has 0 spiro atoms. The van der Waals surface area contributed by atoms with E-state index in [0.717, 1.165) is 35.0 Å². The highest BCUT2D eigenvalue weighted by Crippen LogP contribution is 2.19. The number of piperidine rings is 1. The number of aryl methyl sites for hydroxylation is 1. The van der Waals surface area contributed by atoms with E-state index in [2.05, 4.69) is 15.4 Å². The molecule has 0 aliphatic carbocycles. The first kappa shape index (κ1) is 14.4. The SMILES string of the molecule is CN1CCC(NN(c2cnn(C)c2F)S(=O)O)CC1. The second-order valence-electron chi connectivity index (χ2n) is 4.68. The summed E-state index contributed by atoms with van der Waals surface area (Å²) in [5.74, 6) is -0.650. The molecule has 0 radical (unpaired) electrons. The summed E-state index contributed by atoms with van der Waals surface area (Å²) in [6, 6.07) is 0.0481. The van der Waals surface area contributed by atoms with E-state index in [0.29, 0.717) is 0 Å². The van der Waals surface area contributed by atoms with Crippen LogP contribution < -0.4 is 9.84 Å². The van der Waals surface area contributed by atoms with E-state index in [4.69, 9.17) is 0 Å². The minimum absolute atomic E-state index is 0.0257. The van der Waals surface area contributed by atoms with Gasteiger partial charge in [-0.25, -0.2) is 14.3 Å². The molecule has 2 heterocycles. The highest BCUT2D eigenvalue weighted by molar-refractivity contribution is 7.80. The summed E-state index contributed by atoms with van der Waals surface area (Å²) in [4.78, 5) is 2.18. The Balaban J connectivity index is 2.09. The van der Waals surface area contributed by atoms with E-state index < -0.39 is 17.2 Å². The number of likely N-dealkylation sites (tertiary alicyclic amines) is 1. The van der Waals surface area contributed by atoms with Crippen molar-refractivity contribution in [2.75, 3.05) is 24.6 Å². The van der Waals surface area contributed by atoms with Gasteiger partial charge in [-0.15, -0.1) is 0 Å². The lowest BCUT2D eigenvalue weighted by molar-refractivity contribution is 0.236. The van der Waals surface area contributed by atoms with Crippen LogP contribution in [0.1, 0.15) is 12.8 Å². The largest absolute Gasteiger partial charge is 0.306 e. The van der Waals surface area contributed by atoms with Crippen molar-refractivity contribution < 1.29 is 13.2 Å². The number of nitrogens with one attached hydrogen (secondary N) is 1. The van der Waals surface area contributed by atoms with E-state index in [9.17, 15) is 13.2 Å². The van der Waals surface area contributed by atoms with Crippen molar-refractivity contribution in [3.05, 3.63) is 12.1 Å². The van der Waals surface area contributed by atoms with Crippen LogP contribution in [0, 0.1) is 5.95 Å². The second-order valence-corrected chi connectivity index (χ2v) is 5.50. The van der Waals surface area contributed by atoms with Gasteiger partial charge in [0.1, 0.15) is 5.69 Å². The molecule has 0 amide bonds. The molecule has 108 valence electrons. The van der Waals surface area contributed by atoms with Crippen LogP contribution in [0.15, 0.2) is 6.20 Å². The van der Waals surface area contributed by atoms with Gasteiger partial charge >= 0.3 is 0 Å². The van der Waals surface area contributed by atoms with Gasteiger partial charge in [0.25, 0.3) is 11.3 Å². The quantitative estimate of drug-likeness (QED) is 0.608. The summed E-state index contributed by atoms with van der Waals surface area (Å²) >= 11 is -2.35. The molecule has 1 aromatic heterocycles. The lowest BCUT2D eigenvalue weighted by Gasteiger charge is -2.32. The van der Waals surface area contributed by atoms with Gasteiger partial charge in [-0.05, 0) is 33.0 Å². The molecule has 7 nitrogen and oxygen atoms in total. The van der Waals surface area contributed by atoms with Crippen molar-refractivity contribution in [2.45, 2.75) is 18.9 Å². The average Bonchev–Trinajstić information content (AvgIpc) is 2.69. The summed E-state index contributed by atoms with van der Waals surface area (Å²) in [6.45, 7) is 1.80. The molecule has 0 saturated carbocycles. The second kappa shape index (κ2) is 5.95. The standard InChI is InChI=1S/C10H18FN5O2S/c1-14-5-3-8(4-6-14)13-16(19(17)18)9-7-12-15(2)10(9)11/h7-8,13H,3-6H2,1-2H3,(H,17,18). The zero-order valence-corrected chi connectivity index (χ0v) is 11.7. The molecule has 9 heteroatoms. The highest BCUT2D eigenvalue weighted by Gasteiger charge is 2.25. The van der Waals surface area contributed by atoms with Crippen LogP contribution in [0.3, 0.4) is 0 Å². The first-order chi connectivity index (χ1) is 8.99. The Bertz CT molecular complexity index is 461. The van der Waals surface area contributed by atoms with Gasteiger partial charge in [0.05, 0.1) is 6.20 Å². The third-order valence-corrected chi connectivity index (χ3v) is 3.86. The lowest BCUT2D eigenvalue weighted by atomic mass is 10.1. The van der Waals surface area contributed by atoms with Gasteiger partial charge in [-0.1, -0.05) is 0 Å². The Kier molecular flexibility index (Phi) is 4.50. The van der Waals surface area contributed by atoms with E-state index in [1.807, 2.05) is 7.05 Å². The first-order valence-corrected chi connectivity index (χ1v) is 7.08. The van der Waals surface area contributed by atoms with Crippen molar-refractivity contribution in [1.29, 1.82) is 0 Å². The molecule has 1 aliphatic rings. The summed E-state index contributed by atoms with van der Waals surface area (Å²) in [5.41, 5.74) is 2.88. The zero-order chi connectivity index (χ0) is 14.0. The minimum atomic E-state index is -2.35. The Morgan fingerprint density at radius 1 is 1.53 bits per heavy atom. The molecule has 0 bridgehead atoms. The maximum Gasteiger partial charge on any atom is 0.277 e. The van der Waals surface area contributed by atoms with Gasteiger partial charge in [-0.3, -0.25) is 4.55 Å². The van der Waals surface area contributed by atoms with Crippen LogP contribution in [0.4, 0.5) is 10.1 Å². The Labute approximate surface area is 113 Å². The zero-order valence-electron chi connectivity index (χ0n) is 10.9. The fraction of sp³-hybridized carbons (Fsp3) is 0.700. The maximum atomic E-state index is 13.8. The van der Waals surface area contributed by atoms with Crippen LogP contribution in [-0.2, 0) is 18.3 Å². The maximum absolute atomic E-state index is 13.8. The molecule has 1 atom stereocenters. The number of aromatic nitrogens is 2. The molecular weight excluding hydrogens is 273 g/mol. The predicted molar refractivity (Wildman–Crippen MR) is 70.1 cm³/mol. The molecule has 1 fully saturated rings. The highest BCUT2D eigenvalue weighted by atomic mass is 32.2. The first-order valence-electron chi connectivity index (χ1n) is 6.02. The van der Waals surface area contributed by atoms with Gasteiger partial charge in [0.2, 0.25) is 5.95 Å². The number of halogens is 1. The predicted octanol–water partition coefficient (Wildman–Crippen LogP) is 0.101. The van der Waals surface area contributed by atoms with Crippen molar-refractivity contribution in [1.82, 2.24) is 20.1 Å².